The van der Waals surface area contributed by atoms with Gasteiger partial charge in [0.1, 0.15) is 0 Å². The van der Waals surface area contributed by atoms with E-state index in [4.69, 9.17) is 21.6 Å². The Hall–Kier alpha value is -2.72. The van der Waals surface area contributed by atoms with E-state index >= 15 is 0 Å². The normalized spacial score (nSPS) is 18.1. The molecule has 0 fully saturated rings. The third-order valence-corrected chi connectivity index (χ3v) is 6.03. The van der Waals surface area contributed by atoms with Gasteiger partial charge in [0.2, 0.25) is 5.95 Å². The zero-order valence-electron chi connectivity index (χ0n) is 15.7. The second-order valence-electron chi connectivity index (χ2n) is 7.54. The van der Waals surface area contributed by atoms with Crippen LogP contribution in [0.1, 0.15) is 45.2 Å². The molecule has 2 heterocycles. The Bertz CT molecular complexity index is 1080. The van der Waals surface area contributed by atoms with Crippen molar-refractivity contribution in [1.29, 1.82) is 0 Å². The maximum atomic E-state index is 12.9. The third-order valence-electron chi connectivity index (χ3n) is 5.77. The van der Waals surface area contributed by atoms with Crippen molar-refractivity contribution < 1.29 is 4.79 Å². The molecule has 1 aromatic heterocycles. The minimum atomic E-state index is 0.130. The number of aryl methyl sites for hydroxylation is 1. The first-order valence-corrected chi connectivity index (χ1v) is 9.99. The predicted molar refractivity (Wildman–Crippen MR) is 111 cm³/mol. The Labute approximate surface area is 169 Å². The number of nitrogens with zero attached hydrogens (tertiary/aromatic N) is 3. The number of aromatic nitrogens is 2. The summed E-state index contributed by atoms with van der Waals surface area (Å²) in [5, 5.41) is 0.708. The smallest absolute Gasteiger partial charge is 0.230 e. The lowest BCUT2D eigenvalue weighted by atomic mass is 9.81. The van der Waals surface area contributed by atoms with Gasteiger partial charge in [-0.1, -0.05) is 41.9 Å². The molecule has 0 unspecified atom stereocenters. The van der Waals surface area contributed by atoms with Crippen molar-refractivity contribution >= 4 is 29.0 Å². The molecule has 3 aromatic rings. The monoisotopic (exact) mass is 389 g/mol. The van der Waals surface area contributed by atoms with Gasteiger partial charge in [0.15, 0.2) is 5.78 Å². The number of carbonyl (C=O) groups is 1. The summed E-state index contributed by atoms with van der Waals surface area (Å²) in [4.78, 5) is 24.6. The molecule has 0 spiro atoms. The first-order valence-electron chi connectivity index (χ1n) is 9.62. The van der Waals surface area contributed by atoms with Crippen LogP contribution in [0.2, 0.25) is 5.02 Å². The minimum Gasteiger partial charge on any atom is -0.310 e. The van der Waals surface area contributed by atoms with E-state index in [1.807, 2.05) is 37.3 Å². The number of benzene rings is 2. The topological polar surface area (TPSA) is 46.1 Å². The molecule has 140 valence electrons. The first-order chi connectivity index (χ1) is 13.6. The highest BCUT2D eigenvalue weighted by Crippen LogP contribution is 2.37. The first kappa shape index (κ1) is 17.4. The number of rotatable bonds is 2. The van der Waals surface area contributed by atoms with Gasteiger partial charge < -0.3 is 4.90 Å². The molecular formula is C23H20ClN3O. The van der Waals surface area contributed by atoms with Crippen LogP contribution in [0.15, 0.2) is 48.5 Å². The Kier molecular flexibility index (Phi) is 4.17. The highest BCUT2D eigenvalue weighted by Gasteiger charge is 2.31. The fourth-order valence-corrected chi connectivity index (χ4v) is 4.52. The van der Waals surface area contributed by atoms with Crippen molar-refractivity contribution in [2.45, 2.75) is 32.1 Å². The van der Waals surface area contributed by atoms with Crippen molar-refractivity contribution in [3.63, 3.8) is 0 Å². The zero-order valence-corrected chi connectivity index (χ0v) is 16.4. The quantitative estimate of drug-likeness (QED) is 0.615. The lowest BCUT2D eigenvalue weighted by Gasteiger charge is -2.26. The Morgan fingerprint density at radius 1 is 1.04 bits per heavy atom. The van der Waals surface area contributed by atoms with Gasteiger partial charge in [0.05, 0.1) is 17.0 Å². The number of anilines is 2. The standard InChI is InChI=1S/C23H20ClN3O/c1-14-22-19(12-17(13-21(22)28)15-6-8-18(24)9-7-15)26-23(25-14)27-11-10-16-4-2-3-5-20(16)27/h2-9,17H,10-13H2,1H3/t17-/m1/s1. The van der Waals surface area contributed by atoms with E-state index in [0.717, 1.165) is 36.3 Å². The van der Waals surface area contributed by atoms with Gasteiger partial charge in [-0.2, -0.15) is 0 Å². The van der Waals surface area contributed by atoms with Crippen LogP contribution >= 0.6 is 11.6 Å². The summed E-state index contributed by atoms with van der Waals surface area (Å²) in [6, 6.07) is 16.2. The van der Waals surface area contributed by atoms with Gasteiger partial charge in [-0.05, 0) is 55.0 Å². The SMILES string of the molecule is Cc1nc(N2CCc3ccccc32)nc2c1C(=O)C[C@H](c1ccc(Cl)cc1)C2. The van der Waals surface area contributed by atoms with E-state index in [2.05, 4.69) is 23.1 Å². The molecule has 1 aliphatic carbocycles. The van der Waals surface area contributed by atoms with E-state index < -0.39 is 0 Å². The Morgan fingerprint density at radius 2 is 1.82 bits per heavy atom. The summed E-state index contributed by atoms with van der Waals surface area (Å²) in [6.07, 6.45) is 2.22. The molecule has 0 N–H and O–H groups in total. The number of ketones is 1. The number of hydrogen-bond acceptors (Lipinski definition) is 4. The van der Waals surface area contributed by atoms with E-state index in [-0.39, 0.29) is 11.7 Å². The molecule has 2 aliphatic rings. The molecule has 0 saturated carbocycles. The van der Waals surface area contributed by atoms with Gasteiger partial charge in [0.25, 0.3) is 0 Å². The number of halogens is 1. The number of carbonyl (C=O) groups excluding carboxylic acids is 1. The molecule has 1 atom stereocenters. The second-order valence-corrected chi connectivity index (χ2v) is 7.98. The van der Waals surface area contributed by atoms with Gasteiger partial charge in [-0.25, -0.2) is 9.97 Å². The van der Waals surface area contributed by atoms with Crippen molar-refractivity contribution in [2.24, 2.45) is 0 Å². The average molecular weight is 390 g/mol. The molecule has 5 heteroatoms. The third kappa shape index (κ3) is 2.89. The predicted octanol–water partition coefficient (Wildman–Crippen LogP) is 5.05. The zero-order chi connectivity index (χ0) is 19.3. The molecular weight excluding hydrogens is 370 g/mol. The summed E-state index contributed by atoms with van der Waals surface area (Å²) < 4.78 is 0. The summed E-state index contributed by atoms with van der Waals surface area (Å²) in [7, 11) is 0. The van der Waals surface area contributed by atoms with Gasteiger partial charge in [-0.15, -0.1) is 0 Å². The fraction of sp³-hybridized carbons (Fsp3) is 0.261. The molecule has 0 amide bonds. The summed E-state index contributed by atoms with van der Waals surface area (Å²) in [5.41, 5.74) is 5.97. The lowest BCUT2D eigenvalue weighted by molar-refractivity contribution is 0.0962. The van der Waals surface area contributed by atoms with E-state index in [1.54, 1.807) is 0 Å². The summed E-state index contributed by atoms with van der Waals surface area (Å²) >= 11 is 6.02. The van der Waals surface area contributed by atoms with Crippen molar-refractivity contribution in [2.75, 3.05) is 11.4 Å². The van der Waals surface area contributed by atoms with Crippen LogP contribution in [-0.4, -0.2) is 22.3 Å². The van der Waals surface area contributed by atoms with Crippen LogP contribution in [0.3, 0.4) is 0 Å². The lowest BCUT2D eigenvalue weighted by Crippen LogP contribution is -2.25. The molecule has 5 rings (SSSR count). The Balaban J connectivity index is 1.53. The van der Waals surface area contributed by atoms with Crippen LogP contribution in [0.4, 0.5) is 11.6 Å². The minimum absolute atomic E-state index is 0.130. The number of fused-ring (bicyclic) bond motifs is 2. The number of Topliss-reactive ketones (excluding diaryl/α,β-unsaturated/α-hetero) is 1. The molecule has 2 aromatic carbocycles. The maximum absolute atomic E-state index is 12.9. The Morgan fingerprint density at radius 3 is 2.64 bits per heavy atom. The molecule has 0 bridgehead atoms. The molecule has 4 nitrogen and oxygen atoms in total. The second kappa shape index (κ2) is 6.71. The van der Waals surface area contributed by atoms with Gasteiger partial charge in [-0.3, -0.25) is 4.79 Å². The molecule has 0 saturated heterocycles. The highest BCUT2D eigenvalue weighted by molar-refractivity contribution is 6.30. The van der Waals surface area contributed by atoms with Crippen LogP contribution in [-0.2, 0) is 12.8 Å². The largest absolute Gasteiger partial charge is 0.310 e. The highest BCUT2D eigenvalue weighted by atomic mass is 35.5. The van der Waals surface area contributed by atoms with Crippen molar-refractivity contribution in [1.82, 2.24) is 9.97 Å². The van der Waals surface area contributed by atoms with E-state index in [1.165, 1.54) is 11.3 Å². The summed E-state index contributed by atoms with van der Waals surface area (Å²) in [5.74, 6) is 0.961. The van der Waals surface area contributed by atoms with E-state index in [0.29, 0.717) is 23.0 Å². The van der Waals surface area contributed by atoms with Crippen molar-refractivity contribution in [3.8, 4) is 0 Å². The van der Waals surface area contributed by atoms with Crippen LogP contribution in [0.25, 0.3) is 0 Å². The van der Waals surface area contributed by atoms with Crippen LogP contribution in [0, 0.1) is 6.92 Å². The van der Waals surface area contributed by atoms with Gasteiger partial charge in [0, 0.05) is 23.7 Å². The average Bonchev–Trinajstić information content (AvgIpc) is 3.12. The number of para-hydroxylation sites is 1. The van der Waals surface area contributed by atoms with Crippen LogP contribution in [0.5, 0.6) is 0 Å². The fourth-order valence-electron chi connectivity index (χ4n) is 4.40. The molecule has 28 heavy (non-hydrogen) atoms. The number of hydrogen-bond donors (Lipinski definition) is 0. The van der Waals surface area contributed by atoms with Gasteiger partial charge >= 0.3 is 0 Å². The maximum Gasteiger partial charge on any atom is 0.230 e. The summed E-state index contributed by atoms with van der Waals surface area (Å²) in [6.45, 7) is 2.79. The molecule has 0 radical (unpaired) electrons. The van der Waals surface area contributed by atoms with Crippen LogP contribution < -0.4 is 4.90 Å². The molecule has 1 aliphatic heterocycles. The van der Waals surface area contributed by atoms with E-state index in [9.17, 15) is 4.79 Å². The van der Waals surface area contributed by atoms with Crippen molar-refractivity contribution in [3.05, 3.63) is 81.6 Å².